The molecule has 3 aromatic carbocycles. The van der Waals surface area contributed by atoms with Crippen molar-refractivity contribution in [1.29, 1.82) is 0 Å². The zero-order chi connectivity index (χ0) is 25.0. The Morgan fingerprint density at radius 1 is 0.889 bits per heavy atom. The van der Waals surface area contributed by atoms with Gasteiger partial charge in [-0.1, -0.05) is 68.3 Å². The molecule has 1 N–H and O–H groups in total. The van der Waals surface area contributed by atoms with Gasteiger partial charge in [-0.2, -0.15) is 0 Å². The highest BCUT2D eigenvalue weighted by molar-refractivity contribution is 6.25. The second-order valence-corrected chi connectivity index (χ2v) is 9.83. The van der Waals surface area contributed by atoms with Crippen LogP contribution in [0.3, 0.4) is 0 Å². The number of carboxylic acid groups (broad SMARTS) is 1. The molecule has 1 heterocycles. The minimum atomic E-state index is -1.61. The second kappa shape index (κ2) is 8.33. The average molecular weight is 482 g/mol. The summed E-state index contributed by atoms with van der Waals surface area (Å²) in [4.78, 5) is 42.3. The number of benzene rings is 3. The molecule has 3 aromatic rings. The van der Waals surface area contributed by atoms with E-state index in [0.29, 0.717) is 29.2 Å². The minimum absolute atomic E-state index is 0.346. The monoisotopic (exact) mass is 481 g/mol. The molecule has 182 valence electrons. The molecule has 3 aliphatic carbocycles. The molecule has 2 atom stereocenters. The summed E-state index contributed by atoms with van der Waals surface area (Å²) in [6.07, 6.45) is 3.16. The van der Waals surface area contributed by atoms with Gasteiger partial charge in [-0.3, -0.25) is 14.4 Å². The first kappa shape index (κ1) is 22.5. The number of carboxylic acids is 1. The standard InChI is InChI=1S/C30H27NO5/c1-2-3-8-17-36-19-15-13-18(14-16-19)31-27(32)25-24-20-9-4-6-11-22(20)30(29(34)35,26(25)28(31)33)23-12-7-5-10-21(23)24/h4-7,9-16,24-26H,2-3,8,17H2,1H3,(H,34,35). The third-order valence-electron chi connectivity index (χ3n) is 8.07. The molecular weight excluding hydrogens is 454 g/mol. The van der Waals surface area contributed by atoms with E-state index in [4.69, 9.17) is 4.74 Å². The highest BCUT2D eigenvalue weighted by Crippen LogP contribution is 2.64. The van der Waals surface area contributed by atoms with Crippen LogP contribution in [0, 0.1) is 11.8 Å². The Kier molecular flexibility index (Phi) is 5.21. The number of carbonyl (C=O) groups excluding carboxylic acids is 2. The van der Waals surface area contributed by atoms with E-state index < -0.39 is 29.1 Å². The predicted molar refractivity (Wildman–Crippen MR) is 134 cm³/mol. The summed E-state index contributed by atoms with van der Waals surface area (Å²) >= 11 is 0. The number of anilines is 1. The fourth-order valence-corrected chi connectivity index (χ4v) is 6.62. The summed E-state index contributed by atoms with van der Waals surface area (Å²) in [5, 5.41) is 10.8. The molecule has 1 fully saturated rings. The average Bonchev–Trinajstić information content (AvgIpc) is 3.17. The fourth-order valence-electron chi connectivity index (χ4n) is 6.62. The normalized spacial score (nSPS) is 25.4. The van der Waals surface area contributed by atoms with Crippen LogP contribution in [0.2, 0.25) is 0 Å². The second-order valence-electron chi connectivity index (χ2n) is 9.83. The lowest BCUT2D eigenvalue weighted by Gasteiger charge is -2.51. The molecule has 0 saturated carbocycles. The van der Waals surface area contributed by atoms with E-state index in [1.807, 2.05) is 24.3 Å². The number of ether oxygens (including phenoxy) is 1. The maximum Gasteiger partial charge on any atom is 0.319 e. The first-order chi connectivity index (χ1) is 17.5. The zero-order valence-corrected chi connectivity index (χ0v) is 20.0. The maximum atomic E-state index is 14.0. The number of hydrogen-bond acceptors (Lipinski definition) is 4. The van der Waals surface area contributed by atoms with Crippen LogP contribution >= 0.6 is 0 Å². The number of carbonyl (C=O) groups is 3. The summed E-state index contributed by atoms with van der Waals surface area (Å²) in [7, 11) is 0. The molecule has 2 bridgehead atoms. The lowest BCUT2D eigenvalue weighted by Crippen LogP contribution is -2.57. The van der Waals surface area contributed by atoms with Crippen LogP contribution < -0.4 is 9.64 Å². The predicted octanol–water partition coefficient (Wildman–Crippen LogP) is 4.89. The molecule has 0 radical (unpaired) electrons. The molecule has 4 aliphatic rings. The van der Waals surface area contributed by atoms with Gasteiger partial charge in [-0.15, -0.1) is 0 Å². The number of hydrogen-bond donors (Lipinski definition) is 1. The number of rotatable bonds is 7. The number of aliphatic carboxylic acids is 1. The number of nitrogens with zero attached hydrogens (tertiary/aromatic N) is 1. The van der Waals surface area contributed by atoms with E-state index in [1.54, 1.807) is 48.5 Å². The SMILES string of the molecule is CCCCCOc1ccc(N2C(=O)C3C4c5ccccc5C(C(=O)O)(c5ccccc54)C3C2=O)cc1. The van der Waals surface area contributed by atoms with Crippen molar-refractivity contribution in [3.63, 3.8) is 0 Å². The van der Waals surface area contributed by atoms with E-state index in [-0.39, 0.29) is 11.8 Å². The van der Waals surface area contributed by atoms with Crippen molar-refractivity contribution < 1.29 is 24.2 Å². The maximum absolute atomic E-state index is 14.0. The van der Waals surface area contributed by atoms with Gasteiger partial charge in [-0.25, -0.2) is 4.90 Å². The Morgan fingerprint density at radius 2 is 1.50 bits per heavy atom. The van der Waals surface area contributed by atoms with E-state index >= 15 is 0 Å². The van der Waals surface area contributed by atoms with Crippen molar-refractivity contribution in [2.75, 3.05) is 11.5 Å². The van der Waals surface area contributed by atoms with E-state index in [9.17, 15) is 19.5 Å². The summed E-state index contributed by atoms with van der Waals surface area (Å²) in [5.74, 6) is -3.39. The van der Waals surface area contributed by atoms with Gasteiger partial charge in [0.15, 0.2) is 0 Å². The summed E-state index contributed by atoms with van der Waals surface area (Å²) in [5.41, 5.74) is 1.68. The molecule has 2 amide bonds. The number of amides is 2. The first-order valence-corrected chi connectivity index (χ1v) is 12.5. The van der Waals surface area contributed by atoms with Crippen LogP contribution in [-0.2, 0) is 19.8 Å². The highest BCUT2D eigenvalue weighted by atomic mass is 16.5. The summed E-state index contributed by atoms with van der Waals surface area (Å²) in [6.45, 7) is 2.74. The van der Waals surface area contributed by atoms with Gasteiger partial charge in [0, 0.05) is 5.92 Å². The molecule has 1 saturated heterocycles. The molecule has 0 aromatic heterocycles. The smallest absolute Gasteiger partial charge is 0.319 e. The van der Waals surface area contributed by atoms with E-state index in [1.165, 1.54) is 4.90 Å². The molecule has 1 aliphatic heterocycles. The van der Waals surface area contributed by atoms with Gasteiger partial charge in [-0.05, 0) is 52.9 Å². The zero-order valence-electron chi connectivity index (χ0n) is 20.0. The Bertz CT molecular complexity index is 1330. The van der Waals surface area contributed by atoms with Crippen LogP contribution in [0.1, 0.15) is 54.4 Å². The van der Waals surface area contributed by atoms with Crippen LogP contribution in [0.5, 0.6) is 5.75 Å². The summed E-state index contributed by atoms with van der Waals surface area (Å²) in [6, 6.07) is 21.7. The van der Waals surface area contributed by atoms with Crippen molar-refractivity contribution in [1.82, 2.24) is 0 Å². The number of unbranched alkanes of at least 4 members (excludes halogenated alkanes) is 2. The molecule has 7 rings (SSSR count). The van der Waals surface area contributed by atoms with Crippen LogP contribution in [-0.4, -0.2) is 29.5 Å². The third kappa shape index (κ3) is 2.87. The largest absolute Gasteiger partial charge is 0.494 e. The Labute approximate surface area is 209 Å². The van der Waals surface area contributed by atoms with Crippen molar-refractivity contribution in [3.05, 3.63) is 95.1 Å². The van der Waals surface area contributed by atoms with Gasteiger partial charge >= 0.3 is 5.97 Å². The van der Waals surface area contributed by atoms with Crippen molar-refractivity contribution in [2.24, 2.45) is 11.8 Å². The minimum Gasteiger partial charge on any atom is -0.494 e. The molecular formula is C30H27NO5. The highest BCUT2D eigenvalue weighted by Gasteiger charge is 2.71. The summed E-state index contributed by atoms with van der Waals surface area (Å²) < 4.78 is 5.78. The fraction of sp³-hybridized carbons (Fsp3) is 0.300. The van der Waals surface area contributed by atoms with Crippen molar-refractivity contribution >= 4 is 23.5 Å². The van der Waals surface area contributed by atoms with Crippen molar-refractivity contribution in [2.45, 2.75) is 37.5 Å². The third-order valence-corrected chi connectivity index (χ3v) is 8.07. The quantitative estimate of drug-likeness (QED) is 0.384. The van der Waals surface area contributed by atoms with Crippen LogP contribution in [0.15, 0.2) is 72.8 Å². The first-order valence-electron chi connectivity index (χ1n) is 12.5. The number of imide groups is 1. The molecule has 36 heavy (non-hydrogen) atoms. The Balaban J connectivity index is 1.44. The van der Waals surface area contributed by atoms with Gasteiger partial charge in [0.05, 0.1) is 24.1 Å². The molecule has 6 nitrogen and oxygen atoms in total. The van der Waals surface area contributed by atoms with Gasteiger partial charge < -0.3 is 9.84 Å². The van der Waals surface area contributed by atoms with Crippen molar-refractivity contribution in [3.8, 4) is 5.75 Å². The lowest BCUT2D eigenvalue weighted by atomic mass is 9.47. The van der Waals surface area contributed by atoms with Gasteiger partial charge in [0.1, 0.15) is 11.2 Å². The van der Waals surface area contributed by atoms with E-state index in [0.717, 1.165) is 30.4 Å². The van der Waals surface area contributed by atoms with Crippen LogP contribution in [0.25, 0.3) is 0 Å². The van der Waals surface area contributed by atoms with Gasteiger partial charge in [0.2, 0.25) is 11.8 Å². The lowest BCUT2D eigenvalue weighted by molar-refractivity contribution is -0.149. The van der Waals surface area contributed by atoms with Crippen LogP contribution in [0.4, 0.5) is 5.69 Å². The molecule has 0 spiro atoms. The van der Waals surface area contributed by atoms with E-state index in [2.05, 4.69) is 6.92 Å². The Hall–Kier alpha value is -3.93. The molecule has 2 unspecified atom stereocenters. The topological polar surface area (TPSA) is 83.9 Å². The van der Waals surface area contributed by atoms with Gasteiger partial charge in [0.25, 0.3) is 0 Å². The molecule has 6 heteroatoms. The Morgan fingerprint density at radius 3 is 2.08 bits per heavy atom.